The van der Waals surface area contributed by atoms with E-state index in [-0.39, 0.29) is 17.3 Å². The van der Waals surface area contributed by atoms with Gasteiger partial charge >= 0.3 is 0 Å². The number of ether oxygens (including phenoxy) is 1. The molecule has 2 rings (SSSR count). The van der Waals surface area contributed by atoms with Gasteiger partial charge in [0.15, 0.2) is 11.5 Å². The molecule has 0 saturated heterocycles. The summed E-state index contributed by atoms with van der Waals surface area (Å²) >= 11 is 0. The molecule has 1 amide bonds. The third-order valence-electron chi connectivity index (χ3n) is 3.68. The van der Waals surface area contributed by atoms with Crippen molar-refractivity contribution < 1.29 is 19.4 Å². The zero-order chi connectivity index (χ0) is 16.4. The molecule has 5 heteroatoms. The molecule has 0 spiro atoms. The Kier molecular flexibility index (Phi) is 4.54. The molecular weight excluding hydrogens is 282 g/mol. The first kappa shape index (κ1) is 16.1. The first-order chi connectivity index (χ1) is 10.4. The Bertz CT molecular complexity index is 633. The summed E-state index contributed by atoms with van der Waals surface area (Å²) in [7, 11) is 1.54. The minimum absolute atomic E-state index is 0.134. The van der Waals surface area contributed by atoms with Crippen LogP contribution in [-0.2, 0) is 9.59 Å². The average molecular weight is 303 g/mol. The summed E-state index contributed by atoms with van der Waals surface area (Å²) in [6.07, 6.45) is 0. The smallest absolute Gasteiger partial charge is 0.290 e. The molecule has 1 aromatic rings. The van der Waals surface area contributed by atoms with Crippen molar-refractivity contribution in [3.63, 3.8) is 0 Å². The van der Waals surface area contributed by atoms with E-state index in [0.29, 0.717) is 17.9 Å². The molecule has 1 N–H and O–H groups in total. The van der Waals surface area contributed by atoms with Gasteiger partial charge in [-0.15, -0.1) is 0 Å². The molecule has 0 aromatic heterocycles. The van der Waals surface area contributed by atoms with Crippen molar-refractivity contribution in [3.8, 4) is 5.75 Å². The number of amides is 1. The number of hydrogen-bond acceptors (Lipinski definition) is 4. The number of carbonyl (C=O) groups is 2. The lowest BCUT2D eigenvalue weighted by molar-refractivity contribution is -0.129. The van der Waals surface area contributed by atoms with Crippen LogP contribution in [0, 0.1) is 5.92 Å². The van der Waals surface area contributed by atoms with Gasteiger partial charge in [0.05, 0.1) is 18.7 Å². The predicted octanol–water partition coefficient (Wildman–Crippen LogP) is 2.64. The van der Waals surface area contributed by atoms with Crippen molar-refractivity contribution in [1.29, 1.82) is 0 Å². The van der Waals surface area contributed by atoms with E-state index in [1.807, 2.05) is 32.0 Å². The van der Waals surface area contributed by atoms with Gasteiger partial charge in [0.1, 0.15) is 5.75 Å². The Balaban J connectivity index is 2.59. The topological polar surface area (TPSA) is 66.8 Å². The van der Waals surface area contributed by atoms with Crippen LogP contribution in [0.25, 0.3) is 0 Å². The van der Waals surface area contributed by atoms with Crippen LogP contribution in [0.2, 0.25) is 0 Å². The first-order valence-electron chi connectivity index (χ1n) is 7.26. The lowest BCUT2D eigenvalue weighted by Gasteiger charge is -2.29. The predicted molar refractivity (Wildman–Crippen MR) is 82.6 cm³/mol. The number of aliphatic hydroxyl groups excluding tert-OH is 1. The summed E-state index contributed by atoms with van der Waals surface area (Å²) in [5, 5.41) is 10.1. The highest BCUT2D eigenvalue weighted by Gasteiger charge is 2.43. The van der Waals surface area contributed by atoms with E-state index in [2.05, 4.69) is 0 Å². The van der Waals surface area contributed by atoms with Crippen LogP contribution in [0.4, 0.5) is 0 Å². The second-order valence-corrected chi connectivity index (χ2v) is 5.81. The summed E-state index contributed by atoms with van der Waals surface area (Å²) < 4.78 is 5.36. The molecule has 1 unspecified atom stereocenters. The maximum Gasteiger partial charge on any atom is 0.290 e. The van der Waals surface area contributed by atoms with Crippen LogP contribution >= 0.6 is 0 Å². The lowest BCUT2D eigenvalue weighted by atomic mass is 9.95. The molecule has 0 saturated carbocycles. The standard InChI is InChI=1S/C17H21NO4/c1-10(2)9-18-15(12-7-5-6-8-13(12)22-4)14(11(3)19)16(20)17(18)21/h5-8,10,15,20H,9H2,1-4H3. The SMILES string of the molecule is COc1ccccc1C1C(C(C)=O)=C(O)C(=O)N1CC(C)C. The third-order valence-corrected chi connectivity index (χ3v) is 3.68. The number of aliphatic hydroxyl groups is 1. The molecule has 0 fully saturated rings. The molecule has 0 radical (unpaired) electrons. The van der Waals surface area contributed by atoms with Crippen molar-refractivity contribution in [2.75, 3.05) is 13.7 Å². The fourth-order valence-corrected chi connectivity index (χ4v) is 2.81. The highest BCUT2D eigenvalue weighted by Crippen LogP contribution is 2.41. The normalized spacial score (nSPS) is 18.3. The van der Waals surface area contributed by atoms with Crippen molar-refractivity contribution in [2.45, 2.75) is 26.8 Å². The molecule has 22 heavy (non-hydrogen) atoms. The number of para-hydroxylation sites is 1. The van der Waals surface area contributed by atoms with Crippen LogP contribution in [0.1, 0.15) is 32.4 Å². The quantitative estimate of drug-likeness (QED) is 0.908. The van der Waals surface area contributed by atoms with E-state index in [9.17, 15) is 14.7 Å². The number of benzene rings is 1. The van der Waals surface area contributed by atoms with Crippen LogP contribution in [-0.4, -0.2) is 35.4 Å². The molecule has 0 aliphatic carbocycles. The molecule has 0 bridgehead atoms. The van der Waals surface area contributed by atoms with Crippen LogP contribution in [0.5, 0.6) is 5.75 Å². The number of Topliss-reactive ketones (excluding diaryl/α,β-unsaturated/α-hetero) is 1. The van der Waals surface area contributed by atoms with Gasteiger partial charge in [0.25, 0.3) is 5.91 Å². The van der Waals surface area contributed by atoms with Crippen LogP contribution in [0.15, 0.2) is 35.6 Å². The summed E-state index contributed by atoms with van der Waals surface area (Å²) in [5.41, 5.74) is 0.836. The van der Waals surface area contributed by atoms with Crippen molar-refractivity contribution in [2.24, 2.45) is 5.92 Å². The van der Waals surface area contributed by atoms with Crippen molar-refractivity contribution >= 4 is 11.7 Å². The molecule has 118 valence electrons. The van der Waals surface area contributed by atoms with E-state index in [1.165, 1.54) is 11.8 Å². The maximum atomic E-state index is 12.4. The number of ketones is 1. The van der Waals surface area contributed by atoms with Crippen LogP contribution in [0.3, 0.4) is 0 Å². The number of rotatable bonds is 5. The molecule has 5 nitrogen and oxygen atoms in total. The van der Waals surface area contributed by atoms with E-state index < -0.39 is 17.7 Å². The monoisotopic (exact) mass is 303 g/mol. The van der Waals surface area contributed by atoms with Gasteiger partial charge in [-0.3, -0.25) is 9.59 Å². The Labute approximate surface area is 130 Å². The number of carbonyl (C=O) groups excluding carboxylic acids is 2. The van der Waals surface area contributed by atoms with Gasteiger partial charge < -0.3 is 14.7 Å². The van der Waals surface area contributed by atoms with Gasteiger partial charge in [-0.1, -0.05) is 32.0 Å². The molecule has 1 atom stereocenters. The van der Waals surface area contributed by atoms with E-state index in [1.54, 1.807) is 13.2 Å². The summed E-state index contributed by atoms with van der Waals surface area (Å²) in [6.45, 7) is 5.77. The highest BCUT2D eigenvalue weighted by atomic mass is 16.5. The Morgan fingerprint density at radius 1 is 1.36 bits per heavy atom. The molecule has 1 aromatic carbocycles. The van der Waals surface area contributed by atoms with Crippen molar-refractivity contribution in [1.82, 2.24) is 4.90 Å². The fraction of sp³-hybridized carbons (Fsp3) is 0.412. The van der Waals surface area contributed by atoms with Gasteiger partial charge in [0.2, 0.25) is 0 Å². The largest absolute Gasteiger partial charge is 0.503 e. The second kappa shape index (κ2) is 6.22. The fourth-order valence-electron chi connectivity index (χ4n) is 2.81. The molecule has 1 aliphatic heterocycles. The van der Waals surface area contributed by atoms with Gasteiger partial charge in [-0.2, -0.15) is 0 Å². The minimum Gasteiger partial charge on any atom is -0.503 e. The van der Waals surface area contributed by atoms with Gasteiger partial charge in [0, 0.05) is 12.1 Å². The highest BCUT2D eigenvalue weighted by molar-refractivity contribution is 6.08. The van der Waals surface area contributed by atoms with Gasteiger partial charge in [-0.05, 0) is 18.9 Å². The average Bonchev–Trinajstić information content (AvgIpc) is 2.71. The summed E-state index contributed by atoms with van der Waals surface area (Å²) in [4.78, 5) is 25.9. The molecular formula is C17H21NO4. The summed E-state index contributed by atoms with van der Waals surface area (Å²) in [6, 6.07) is 6.63. The lowest BCUT2D eigenvalue weighted by Crippen LogP contribution is -2.34. The third kappa shape index (κ3) is 2.71. The Hall–Kier alpha value is -2.30. The summed E-state index contributed by atoms with van der Waals surface area (Å²) in [5.74, 6) is -0.477. The molecule has 1 heterocycles. The number of nitrogens with zero attached hydrogens (tertiary/aromatic N) is 1. The second-order valence-electron chi connectivity index (χ2n) is 5.81. The number of methoxy groups -OCH3 is 1. The number of hydrogen-bond donors (Lipinski definition) is 1. The van der Waals surface area contributed by atoms with E-state index >= 15 is 0 Å². The van der Waals surface area contributed by atoms with Crippen LogP contribution < -0.4 is 4.74 Å². The van der Waals surface area contributed by atoms with Gasteiger partial charge in [-0.25, -0.2) is 0 Å². The van der Waals surface area contributed by atoms with Crippen molar-refractivity contribution in [3.05, 3.63) is 41.2 Å². The minimum atomic E-state index is -0.608. The first-order valence-corrected chi connectivity index (χ1v) is 7.26. The van der Waals surface area contributed by atoms with E-state index in [4.69, 9.17) is 4.74 Å². The molecule has 1 aliphatic rings. The zero-order valence-corrected chi connectivity index (χ0v) is 13.3. The Morgan fingerprint density at radius 2 is 2.00 bits per heavy atom. The van der Waals surface area contributed by atoms with E-state index in [0.717, 1.165) is 0 Å². The maximum absolute atomic E-state index is 12.4. The Morgan fingerprint density at radius 3 is 2.55 bits per heavy atom. The zero-order valence-electron chi connectivity index (χ0n) is 13.3.